The van der Waals surface area contributed by atoms with Crippen LogP contribution < -0.4 is 20.1 Å². The number of ether oxygens (including phenoxy) is 2. The van der Waals surface area contributed by atoms with Gasteiger partial charge in [-0.05, 0) is 36.2 Å². The van der Waals surface area contributed by atoms with Gasteiger partial charge in [0.25, 0.3) is 5.91 Å². The second kappa shape index (κ2) is 10.3. The zero-order chi connectivity index (χ0) is 18.8. The number of hydrogen-bond acceptors (Lipinski definition) is 5. The summed E-state index contributed by atoms with van der Waals surface area (Å²) in [5, 5.41) is 6.21. The molecule has 140 valence electrons. The summed E-state index contributed by atoms with van der Waals surface area (Å²) in [5.41, 5.74) is 2.23. The van der Waals surface area contributed by atoms with Gasteiger partial charge in [0.05, 0.1) is 14.2 Å². The van der Waals surface area contributed by atoms with Crippen LogP contribution in [-0.2, 0) is 6.54 Å². The van der Waals surface area contributed by atoms with Crippen molar-refractivity contribution < 1.29 is 14.3 Å². The van der Waals surface area contributed by atoms with Crippen molar-refractivity contribution in [2.75, 3.05) is 26.1 Å². The summed E-state index contributed by atoms with van der Waals surface area (Å²) >= 11 is 0. The molecule has 0 aliphatic rings. The van der Waals surface area contributed by atoms with Crippen LogP contribution in [0.5, 0.6) is 11.5 Å². The lowest BCUT2D eigenvalue weighted by Crippen LogP contribution is -2.24. The highest BCUT2D eigenvalue weighted by molar-refractivity contribution is 5.93. The number of anilines is 1. The fourth-order valence-electron chi connectivity index (χ4n) is 2.54. The molecule has 0 saturated heterocycles. The van der Waals surface area contributed by atoms with Gasteiger partial charge in [0.2, 0.25) is 0 Å². The van der Waals surface area contributed by atoms with E-state index in [2.05, 4.69) is 22.5 Å². The normalized spacial score (nSPS) is 10.3. The standard InChI is InChI=1S/C20H27N3O3/c1-4-5-6-10-21-16-9-11-22-17(13-16)20(24)23-14-15-7-8-18(25-2)19(12-15)26-3/h7-9,11-13H,4-6,10,14H2,1-3H3,(H,21,22)(H,23,24). The number of unbranched alkanes of at least 4 members (excludes halogenated alkanes) is 2. The summed E-state index contributed by atoms with van der Waals surface area (Å²) in [7, 11) is 3.18. The van der Waals surface area contributed by atoms with Crippen LogP contribution in [0.15, 0.2) is 36.5 Å². The molecular formula is C20H27N3O3. The van der Waals surface area contributed by atoms with Gasteiger partial charge in [-0.15, -0.1) is 0 Å². The van der Waals surface area contributed by atoms with Gasteiger partial charge in [-0.3, -0.25) is 9.78 Å². The molecule has 0 fully saturated rings. The molecular weight excluding hydrogens is 330 g/mol. The molecule has 1 heterocycles. The number of rotatable bonds is 10. The second-order valence-electron chi connectivity index (χ2n) is 5.94. The van der Waals surface area contributed by atoms with Gasteiger partial charge in [0, 0.05) is 25.0 Å². The summed E-state index contributed by atoms with van der Waals surface area (Å²) in [4.78, 5) is 16.5. The first-order chi connectivity index (χ1) is 12.7. The third-order valence-electron chi connectivity index (χ3n) is 4.00. The van der Waals surface area contributed by atoms with Crippen molar-refractivity contribution in [2.24, 2.45) is 0 Å². The summed E-state index contributed by atoms with van der Waals surface area (Å²) in [6.45, 7) is 3.45. The molecule has 2 N–H and O–H groups in total. The van der Waals surface area contributed by atoms with Gasteiger partial charge in [0.15, 0.2) is 11.5 Å². The minimum absolute atomic E-state index is 0.211. The molecule has 0 aliphatic carbocycles. The maximum Gasteiger partial charge on any atom is 0.270 e. The Morgan fingerprint density at radius 2 is 1.88 bits per heavy atom. The first-order valence-electron chi connectivity index (χ1n) is 8.87. The lowest BCUT2D eigenvalue weighted by Gasteiger charge is -2.11. The van der Waals surface area contributed by atoms with E-state index in [4.69, 9.17) is 9.47 Å². The number of hydrogen-bond donors (Lipinski definition) is 2. The lowest BCUT2D eigenvalue weighted by molar-refractivity contribution is 0.0946. The summed E-state index contributed by atoms with van der Waals surface area (Å²) in [6, 6.07) is 9.20. The Morgan fingerprint density at radius 1 is 1.08 bits per heavy atom. The number of methoxy groups -OCH3 is 2. The molecule has 0 spiro atoms. The second-order valence-corrected chi connectivity index (χ2v) is 5.94. The van der Waals surface area contributed by atoms with Crippen molar-refractivity contribution in [1.82, 2.24) is 10.3 Å². The van der Waals surface area contributed by atoms with Crippen LogP contribution in [0.25, 0.3) is 0 Å². The minimum atomic E-state index is -0.211. The summed E-state index contributed by atoms with van der Waals surface area (Å²) < 4.78 is 10.5. The van der Waals surface area contributed by atoms with E-state index in [1.165, 1.54) is 12.8 Å². The molecule has 0 aliphatic heterocycles. The number of nitrogens with one attached hydrogen (secondary N) is 2. The van der Waals surface area contributed by atoms with Gasteiger partial charge in [-0.2, -0.15) is 0 Å². The van der Waals surface area contributed by atoms with Crippen LogP contribution >= 0.6 is 0 Å². The highest BCUT2D eigenvalue weighted by Crippen LogP contribution is 2.27. The molecule has 0 saturated carbocycles. The van der Waals surface area contributed by atoms with E-state index < -0.39 is 0 Å². The number of aromatic nitrogens is 1. The van der Waals surface area contributed by atoms with Gasteiger partial charge in [-0.1, -0.05) is 25.8 Å². The zero-order valence-electron chi connectivity index (χ0n) is 15.7. The van der Waals surface area contributed by atoms with Crippen LogP contribution in [0.1, 0.15) is 42.2 Å². The molecule has 2 rings (SSSR count). The van der Waals surface area contributed by atoms with Crippen LogP contribution in [0.2, 0.25) is 0 Å². The molecule has 0 atom stereocenters. The van der Waals surface area contributed by atoms with Crippen molar-refractivity contribution in [3.05, 3.63) is 47.8 Å². The molecule has 1 aromatic heterocycles. The Bertz CT molecular complexity index is 719. The summed E-state index contributed by atoms with van der Waals surface area (Å²) in [5.74, 6) is 1.08. The van der Waals surface area contributed by atoms with Gasteiger partial charge in [0.1, 0.15) is 5.69 Å². The van der Waals surface area contributed by atoms with Crippen LogP contribution in [0.4, 0.5) is 5.69 Å². The minimum Gasteiger partial charge on any atom is -0.493 e. The number of nitrogens with zero attached hydrogens (tertiary/aromatic N) is 1. The lowest BCUT2D eigenvalue weighted by atomic mass is 10.2. The van der Waals surface area contributed by atoms with Gasteiger partial charge >= 0.3 is 0 Å². The van der Waals surface area contributed by atoms with Crippen molar-refractivity contribution in [3.63, 3.8) is 0 Å². The topological polar surface area (TPSA) is 72.5 Å². The predicted octanol–water partition coefficient (Wildman–Crippen LogP) is 3.63. The first kappa shape index (κ1) is 19.6. The maximum atomic E-state index is 12.4. The molecule has 1 aromatic carbocycles. The Kier molecular flexibility index (Phi) is 7.74. The van der Waals surface area contributed by atoms with Crippen LogP contribution in [-0.4, -0.2) is 31.7 Å². The van der Waals surface area contributed by atoms with Crippen molar-refractivity contribution in [1.29, 1.82) is 0 Å². The quantitative estimate of drug-likeness (QED) is 0.635. The van der Waals surface area contributed by atoms with Gasteiger partial charge in [-0.25, -0.2) is 0 Å². The van der Waals surface area contributed by atoms with E-state index in [1.807, 2.05) is 24.3 Å². The molecule has 0 unspecified atom stereocenters. The molecule has 26 heavy (non-hydrogen) atoms. The van der Waals surface area contributed by atoms with E-state index >= 15 is 0 Å². The fourth-order valence-corrected chi connectivity index (χ4v) is 2.54. The SMILES string of the molecule is CCCCCNc1ccnc(C(=O)NCc2ccc(OC)c(OC)c2)c1. The van der Waals surface area contributed by atoms with E-state index in [9.17, 15) is 4.79 Å². The van der Waals surface area contributed by atoms with E-state index in [0.717, 1.165) is 24.2 Å². The predicted molar refractivity (Wildman–Crippen MR) is 103 cm³/mol. The number of amides is 1. The fraction of sp³-hybridized carbons (Fsp3) is 0.400. The molecule has 0 bridgehead atoms. The maximum absolute atomic E-state index is 12.4. The molecule has 2 aromatic rings. The number of pyridine rings is 1. The smallest absolute Gasteiger partial charge is 0.270 e. The zero-order valence-corrected chi connectivity index (χ0v) is 15.7. The molecule has 6 heteroatoms. The Hall–Kier alpha value is -2.76. The third kappa shape index (κ3) is 5.65. The van der Waals surface area contributed by atoms with Crippen LogP contribution in [0.3, 0.4) is 0 Å². The Balaban J connectivity index is 1.93. The van der Waals surface area contributed by atoms with E-state index in [-0.39, 0.29) is 5.91 Å². The van der Waals surface area contributed by atoms with Crippen molar-refractivity contribution in [3.8, 4) is 11.5 Å². The largest absolute Gasteiger partial charge is 0.493 e. The van der Waals surface area contributed by atoms with Gasteiger partial charge < -0.3 is 20.1 Å². The monoisotopic (exact) mass is 357 g/mol. The average molecular weight is 357 g/mol. The van der Waals surface area contributed by atoms with Crippen molar-refractivity contribution >= 4 is 11.6 Å². The Labute approximate surface area is 154 Å². The summed E-state index contributed by atoms with van der Waals surface area (Å²) in [6.07, 6.45) is 5.13. The van der Waals surface area contributed by atoms with E-state index in [0.29, 0.717) is 23.7 Å². The highest BCUT2D eigenvalue weighted by atomic mass is 16.5. The molecule has 0 radical (unpaired) electrons. The Morgan fingerprint density at radius 3 is 2.62 bits per heavy atom. The number of carbonyl (C=O) groups is 1. The van der Waals surface area contributed by atoms with Crippen LogP contribution in [0, 0.1) is 0 Å². The third-order valence-corrected chi connectivity index (χ3v) is 4.00. The molecule has 1 amide bonds. The first-order valence-corrected chi connectivity index (χ1v) is 8.87. The highest BCUT2D eigenvalue weighted by Gasteiger charge is 2.09. The van der Waals surface area contributed by atoms with E-state index in [1.54, 1.807) is 26.5 Å². The number of carbonyl (C=O) groups excluding carboxylic acids is 1. The number of benzene rings is 1. The van der Waals surface area contributed by atoms with Crippen molar-refractivity contribution in [2.45, 2.75) is 32.7 Å². The average Bonchev–Trinajstić information content (AvgIpc) is 2.69. The molecule has 6 nitrogen and oxygen atoms in total.